The van der Waals surface area contributed by atoms with Crippen LogP contribution in [0.1, 0.15) is 21.5 Å². The molecule has 0 saturated carbocycles. The number of amides is 1. The van der Waals surface area contributed by atoms with Crippen LogP contribution in [0.4, 0.5) is 11.5 Å². The molecule has 1 amide bonds. The number of carbonyl (C=O) groups is 1. The molecule has 3 aromatic rings. The molecule has 166 valence electrons. The molecular weight excluding hydrogens is 400 g/mol. The fourth-order valence-corrected chi connectivity index (χ4v) is 4.08. The van der Waals surface area contributed by atoms with Crippen molar-refractivity contribution in [1.29, 1.82) is 0 Å². The molecular formula is C26H30N4O2. The number of nitrogens with zero attached hydrogens (tertiary/aromatic N) is 3. The van der Waals surface area contributed by atoms with Gasteiger partial charge in [0.2, 0.25) is 0 Å². The predicted octanol–water partition coefficient (Wildman–Crippen LogP) is 3.05. The number of aliphatic hydroxyl groups is 1. The van der Waals surface area contributed by atoms with E-state index in [1.165, 1.54) is 11.3 Å². The van der Waals surface area contributed by atoms with Crippen LogP contribution in [-0.2, 0) is 6.42 Å². The first-order chi connectivity index (χ1) is 15.6. The Labute approximate surface area is 189 Å². The highest BCUT2D eigenvalue weighted by molar-refractivity contribution is 5.99. The molecule has 2 heterocycles. The molecule has 1 aliphatic heterocycles. The number of aryl methyl sites for hydroxylation is 1. The third-order valence-corrected chi connectivity index (χ3v) is 5.89. The monoisotopic (exact) mass is 430 g/mol. The second-order valence-electron chi connectivity index (χ2n) is 8.23. The fourth-order valence-electron chi connectivity index (χ4n) is 4.08. The van der Waals surface area contributed by atoms with Crippen molar-refractivity contribution in [3.05, 3.63) is 89.6 Å². The Bertz CT molecular complexity index is 1020. The zero-order valence-electron chi connectivity index (χ0n) is 18.4. The van der Waals surface area contributed by atoms with Crippen molar-refractivity contribution < 1.29 is 9.90 Å². The molecule has 0 spiro atoms. The minimum Gasteiger partial charge on any atom is -0.394 e. The number of nitrogens with one attached hydrogen (secondary N) is 1. The third kappa shape index (κ3) is 5.26. The molecule has 6 nitrogen and oxygen atoms in total. The molecule has 32 heavy (non-hydrogen) atoms. The minimum absolute atomic E-state index is 0.120. The molecule has 0 radical (unpaired) electrons. The van der Waals surface area contributed by atoms with Gasteiger partial charge in [-0.05, 0) is 43.2 Å². The molecule has 1 unspecified atom stereocenters. The van der Waals surface area contributed by atoms with Crippen molar-refractivity contribution in [3.8, 4) is 0 Å². The Morgan fingerprint density at radius 3 is 2.34 bits per heavy atom. The van der Waals surface area contributed by atoms with Crippen LogP contribution in [0.15, 0.2) is 72.9 Å². The number of pyridine rings is 1. The molecule has 0 aliphatic carbocycles. The molecule has 1 aromatic heterocycles. The second kappa shape index (κ2) is 10.3. The standard InChI is InChI=1S/C26H30N4O2/c1-20-9-11-23(12-10-20)29-14-16-30(17-15-29)25-24(8-5-13-27-25)26(32)28-22(19-31)18-21-6-3-2-4-7-21/h2-13,22,31H,14-19H2,1H3,(H,28,32). The summed E-state index contributed by atoms with van der Waals surface area (Å²) < 4.78 is 0. The van der Waals surface area contributed by atoms with Crippen molar-refractivity contribution in [3.63, 3.8) is 0 Å². The van der Waals surface area contributed by atoms with Crippen molar-refractivity contribution in [2.24, 2.45) is 0 Å². The molecule has 2 N–H and O–H groups in total. The number of rotatable bonds is 7. The maximum atomic E-state index is 13.1. The van der Waals surface area contributed by atoms with Gasteiger partial charge in [0, 0.05) is 38.1 Å². The smallest absolute Gasteiger partial charge is 0.255 e. The first kappa shape index (κ1) is 21.8. The van der Waals surface area contributed by atoms with Crippen LogP contribution >= 0.6 is 0 Å². The summed E-state index contributed by atoms with van der Waals surface area (Å²) in [7, 11) is 0. The van der Waals surface area contributed by atoms with E-state index in [0.717, 1.165) is 31.7 Å². The zero-order valence-corrected chi connectivity index (χ0v) is 18.4. The van der Waals surface area contributed by atoms with Gasteiger partial charge in [-0.1, -0.05) is 48.0 Å². The van der Waals surface area contributed by atoms with Crippen LogP contribution in [0.25, 0.3) is 0 Å². The zero-order chi connectivity index (χ0) is 22.3. The van der Waals surface area contributed by atoms with Gasteiger partial charge in [0.25, 0.3) is 5.91 Å². The SMILES string of the molecule is Cc1ccc(N2CCN(c3ncccc3C(=O)NC(CO)Cc3ccccc3)CC2)cc1. The van der Waals surface area contributed by atoms with Crippen LogP contribution in [0.5, 0.6) is 0 Å². The highest BCUT2D eigenvalue weighted by atomic mass is 16.3. The summed E-state index contributed by atoms with van der Waals surface area (Å²) in [5.41, 5.74) is 4.10. The van der Waals surface area contributed by atoms with E-state index in [4.69, 9.17) is 0 Å². The fraction of sp³-hybridized carbons (Fsp3) is 0.308. The van der Waals surface area contributed by atoms with Crippen molar-refractivity contribution >= 4 is 17.4 Å². The van der Waals surface area contributed by atoms with Crippen molar-refractivity contribution in [2.75, 3.05) is 42.6 Å². The van der Waals surface area contributed by atoms with Gasteiger partial charge in [-0.15, -0.1) is 0 Å². The first-order valence-electron chi connectivity index (χ1n) is 11.1. The van der Waals surface area contributed by atoms with Gasteiger partial charge in [0.1, 0.15) is 5.82 Å². The number of aromatic nitrogens is 1. The molecule has 4 rings (SSSR count). The molecule has 6 heteroatoms. The minimum atomic E-state index is -0.351. The van der Waals surface area contributed by atoms with E-state index in [1.54, 1.807) is 18.3 Å². The van der Waals surface area contributed by atoms with Gasteiger partial charge < -0.3 is 20.2 Å². The van der Waals surface area contributed by atoms with Gasteiger partial charge in [-0.3, -0.25) is 4.79 Å². The Morgan fingerprint density at radius 1 is 0.969 bits per heavy atom. The summed E-state index contributed by atoms with van der Waals surface area (Å²) in [4.78, 5) is 22.2. The second-order valence-corrected chi connectivity index (χ2v) is 8.23. The summed E-state index contributed by atoms with van der Waals surface area (Å²) in [5, 5.41) is 12.8. The summed E-state index contributed by atoms with van der Waals surface area (Å²) in [5.74, 6) is 0.494. The number of piperazine rings is 1. The van der Waals surface area contributed by atoms with E-state index in [9.17, 15) is 9.90 Å². The van der Waals surface area contributed by atoms with Crippen molar-refractivity contribution in [2.45, 2.75) is 19.4 Å². The summed E-state index contributed by atoms with van der Waals surface area (Å²) in [6.07, 6.45) is 2.31. The average molecular weight is 431 g/mol. The van der Waals surface area contributed by atoms with Gasteiger partial charge in [-0.2, -0.15) is 0 Å². The number of benzene rings is 2. The Morgan fingerprint density at radius 2 is 1.66 bits per heavy atom. The van der Waals surface area contributed by atoms with Crippen LogP contribution < -0.4 is 15.1 Å². The lowest BCUT2D eigenvalue weighted by Gasteiger charge is -2.37. The Kier molecular flexibility index (Phi) is 7.02. The van der Waals surface area contributed by atoms with Gasteiger partial charge in [-0.25, -0.2) is 4.98 Å². The molecule has 1 atom stereocenters. The highest BCUT2D eigenvalue weighted by Gasteiger charge is 2.24. The Hall–Kier alpha value is -3.38. The number of carbonyl (C=O) groups excluding carboxylic acids is 1. The van der Waals surface area contributed by atoms with E-state index in [2.05, 4.69) is 51.3 Å². The summed E-state index contributed by atoms with van der Waals surface area (Å²) in [6, 6.07) is 21.7. The Balaban J connectivity index is 1.42. The normalized spacial score (nSPS) is 14.8. The summed E-state index contributed by atoms with van der Waals surface area (Å²) >= 11 is 0. The molecule has 1 saturated heterocycles. The number of anilines is 2. The number of hydrogen-bond acceptors (Lipinski definition) is 5. The van der Waals surface area contributed by atoms with E-state index < -0.39 is 0 Å². The van der Waals surface area contributed by atoms with Gasteiger partial charge in [0.15, 0.2) is 0 Å². The van der Waals surface area contributed by atoms with E-state index in [1.807, 2.05) is 30.3 Å². The maximum absolute atomic E-state index is 13.1. The molecule has 1 aliphatic rings. The maximum Gasteiger partial charge on any atom is 0.255 e. The van der Waals surface area contributed by atoms with Crippen LogP contribution in [0.3, 0.4) is 0 Å². The third-order valence-electron chi connectivity index (χ3n) is 5.89. The summed E-state index contributed by atoms with van der Waals surface area (Å²) in [6.45, 7) is 5.29. The lowest BCUT2D eigenvalue weighted by atomic mass is 10.1. The van der Waals surface area contributed by atoms with E-state index >= 15 is 0 Å². The predicted molar refractivity (Wildman–Crippen MR) is 128 cm³/mol. The number of aliphatic hydroxyl groups excluding tert-OH is 1. The quantitative estimate of drug-likeness (QED) is 0.603. The molecule has 2 aromatic carbocycles. The van der Waals surface area contributed by atoms with Gasteiger partial charge >= 0.3 is 0 Å². The lowest BCUT2D eigenvalue weighted by Crippen LogP contribution is -2.47. The van der Waals surface area contributed by atoms with Gasteiger partial charge in [0.05, 0.1) is 18.2 Å². The topological polar surface area (TPSA) is 68.7 Å². The molecule has 0 bridgehead atoms. The average Bonchev–Trinajstić information content (AvgIpc) is 2.85. The first-order valence-corrected chi connectivity index (χ1v) is 11.1. The van der Waals surface area contributed by atoms with Crippen LogP contribution in [0, 0.1) is 6.92 Å². The van der Waals surface area contributed by atoms with Crippen molar-refractivity contribution in [1.82, 2.24) is 10.3 Å². The molecule has 1 fully saturated rings. The van der Waals surface area contributed by atoms with Crippen LogP contribution in [0.2, 0.25) is 0 Å². The van der Waals surface area contributed by atoms with Crippen LogP contribution in [-0.4, -0.2) is 54.8 Å². The number of hydrogen-bond donors (Lipinski definition) is 2. The largest absolute Gasteiger partial charge is 0.394 e. The van der Waals surface area contributed by atoms with E-state index in [0.29, 0.717) is 17.8 Å². The van der Waals surface area contributed by atoms with E-state index in [-0.39, 0.29) is 18.6 Å². The lowest BCUT2D eigenvalue weighted by molar-refractivity contribution is 0.0916. The highest BCUT2D eigenvalue weighted by Crippen LogP contribution is 2.22.